The average Bonchev–Trinajstić information content (AvgIpc) is 2.89. The standard InChI is InChI=1S/C19H27N3O/c23-18-21(16-9-13-20-14-10-16)15-19(11-5-2-6-12-19)22(18)17-7-3-1-4-8-17/h1,3-4,7-8,16,20H,2,5-6,9-15H2. The van der Waals surface area contributed by atoms with Gasteiger partial charge in [-0.1, -0.05) is 37.5 Å². The van der Waals surface area contributed by atoms with E-state index in [9.17, 15) is 4.79 Å². The summed E-state index contributed by atoms with van der Waals surface area (Å²) < 4.78 is 0. The normalized spacial score (nSPS) is 25.3. The molecule has 1 aromatic carbocycles. The summed E-state index contributed by atoms with van der Waals surface area (Å²) in [6.45, 7) is 2.99. The molecule has 0 atom stereocenters. The van der Waals surface area contributed by atoms with E-state index in [4.69, 9.17) is 0 Å². The van der Waals surface area contributed by atoms with E-state index in [0.29, 0.717) is 6.04 Å². The van der Waals surface area contributed by atoms with Crippen molar-refractivity contribution < 1.29 is 4.79 Å². The molecule has 1 spiro atoms. The monoisotopic (exact) mass is 313 g/mol. The fourth-order valence-electron chi connectivity index (χ4n) is 4.74. The van der Waals surface area contributed by atoms with Crippen LogP contribution in [-0.2, 0) is 0 Å². The lowest BCUT2D eigenvalue weighted by Gasteiger charge is -2.40. The molecule has 23 heavy (non-hydrogen) atoms. The lowest BCUT2D eigenvalue weighted by atomic mass is 9.80. The van der Waals surface area contributed by atoms with E-state index in [2.05, 4.69) is 27.2 Å². The number of urea groups is 1. The zero-order valence-electron chi connectivity index (χ0n) is 13.8. The van der Waals surface area contributed by atoms with Crippen molar-refractivity contribution in [3.05, 3.63) is 30.3 Å². The molecule has 4 heteroatoms. The molecule has 2 saturated heterocycles. The van der Waals surface area contributed by atoms with E-state index in [1.165, 1.54) is 19.3 Å². The number of nitrogens with zero attached hydrogens (tertiary/aromatic N) is 2. The zero-order valence-corrected chi connectivity index (χ0v) is 13.8. The maximum absolute atomic E-state index is 13.3. The number of carbonyl (C=O) groups excluding carboxylic acids is 1. The Balaban J connectivity index is 1.67. The van der Waals surface area contributed by atoms with Gasteiger partial charge < -0.3 is 10.2 Å². The van der Waals surface area contributed by atoms with E-state index >= 15 is 0 Å². The first-order chi connectivity index (χ1) is 11.3. The maximum atomic E-state index is 13.3. The molecule has 2 heterocycles. The van der Waals surface area contributed by atoms with Crippen LogP contribution < -0.4 is 10.2 Å². The number of piperidine rings is 1. The highest BCUT2D eigenvalue weighted by Crippen LogP contribution is 2.43. The Hall–Kier alpha value is -1.55. The van der Waals surface area contributed by atoms with Crippen LogP contribution in [0.2, 0.25) is 0 Å². The molecule has 2 amide bonds. The predicted molar refractivity (Wildman–Crippen MR) is 92.7 cm³/mol. The van der Waals surface area contributed by atoms with Gasteiger partial charge in [0.1, 0.15) is 0 Å². The molecule has 0 radical (unpaired) electrons. The molecular weight excluding hydrogens is 286 g/mol. The van der Waals surface area contributed by atoms with E-state index in [0.717, 1.165) is 51.0 Å². The Morgan fingerprint density at radius 3 is 2.39 bits per heavy atom. The van der Waals surface area contributed by atoms with Crippen molar-refractivity contribution in [1.82, 2.24) is 10.2 Å². The van der Waals surface area contributed by atoms with Crippen molar-refractivity contribution in [2.45, 2.75) is 56.5 Å². The third-order valence-electron chi connectivity index (χ3n) is 5.92. The second kappa shape index (κ2) is 6.16. The fourth-order valence-corrected chi connectivity index (χ4v) is 4.74. The Bertz CT molecular complexity index is 547. The van der Waals surface area contributed by atoms with Crippen molar-refractivity contribution in [2.24, 2.45) is 0 Å². The zero-order chi connectivity index (χ0) is 15.7. The minimum absolute atomic E-state index is 0.0293. The molecule has 124 valence electrons. The Morgan fingerprint density at radius 1 is 1.00 bits per heavy atom. The van der Waals surface area contributed by atoms with Crippen LogP contribution in [0.25, 0.3) is 0 Å². The van der Waals surface area contributed by atoms with Gasteiger partial charge in [-0.15, -0.1) is 0 Å². The number of nitrogens with one attached hydrogen (secondary N) is 1. The number of carbonyl (C=O) groups is 1. The van der Waals surface area contributed by atoms with Gasteiger partial charge >= 0.3 is 6.03 Å². The second-order valence-electron chi connectivity index (χ2n) is 7.35. The lowest BCUT2D eigenvalue weighted by Crippen LogP contribution is -2.48. The number of benzene rings is 1. The third kappa shape index (κ3) is 2.63. The van der Waals surface area contributed by atoms with Gasteiger partial charge in [0.25, 0.3) is 0 Å². The smallest absolute Gasteiger partial charge is 0.319 e. The SMILES string of the molecule is O=C1N(C2CCNCC2)CC2(CCCCC2)N1c1ccccc1. The topological polar surface area (TPSA) is 35.6 Å². The lowest BCUT2D eigenvalue weighted by molar-refractivity contribution is 0.174. The maximum Gasteiger partial charge on any atom is 0.325 e. The summed E-state index contributed by atoms with van der Waals surface area (Å²) in [5.41, 5.74) is 1.11. The van der Waals surface area contributed by atoms with Gasteiger partial charge in [-0.05, 0) is 50.9 Å². The summed E-state index contributed by atoms with van der Waals surface area (Å²) in [6, 6.07) is 11.0. The van der Waals surface area contributed by atoms with Crippen LogP contribution in [-0.4, -0.2) is 42.1 Å². The van der Waals surface area contributed by atoms with Crippen molar-refractivity contribution >= 4 is 11.7 Å². The van der Waals surface area contributed by atoms with E-state index in [-0.39, 0.29) is 11.6 Å². The van der Waals surface area contributed by atoms with Crippen LogP contribution in [0, 0.1) is 0 Å². The summed E-state index contributed by atoms with van der Waals surface area (Å²) >= 11 is 0. The molecule has 0 unspecified atom stereocenters. The number of anilines is 1. The molecule has 4 nitrogen and oxygen atoms in total. The Labute approximate surface area is 138 Å². The number of rotatable bonds is 2. The second-order valence-corrected chi connectivity index (χ2v) is 7.35. The average molecular weight is 313 g/mol. The van der Waals surface area contributed by atoms with Crippen molar-refractivity contribution in [3.63, 3.8) is 0 Å². The molecule has 1 saturated carbocycles. The number of para-hydroxylation sites is 1. The van der Waals surface area contributed by atoms with Gasteiger partial charge in [0.2, 0.25) is 0 Å². The molecule has 4 rings (SSSR count). The number of hydrogen-bond acceptors (Lipinski definition) is 2. The molecule has 2 aliphatic heterocycles. The van der Waals surface area contributed by atoms with Gasteiger partial charge in [-0.3, -0.25) is 4.90 Å². The van der Waals surface area contributed by atoms with Crippen LogP contribution in [0.1, 0.15) is 44.9 Å². The van der Waals surface area contributed by atoms with E-state index in [1.54, 1.807) is 0 Å². The number of amides is 2. The first-order valence-corrected chi connectivity index (χ1v) is 9.17. The van der Waals surface area contributed by atoms with E-state index < -0.39 is 0 Å². The summed E-state index contributed by atoms with van der Waals surface area (Å²) in [5.74, 6) is 0. The molecule has 3 aliphatic rings. The third-order valence-corrected chi connectivity index (χ3v) is 5.92. The molecule has 1 aromatic rings. The van der Waals surface area contributed by atoms with Gasteiger partial charge in [-0.2, -0.15) is 0 Å². The first kappa shape index (κ1) is 15.0. The van der Waals surface area contributed by atoms with Crippen molar-refractivity contribution in [3.8, 4) is 0 Å². The Morgan fingerprint density at radius 2 is 1.70 bits per heavy atom. The van der Waals surface area contributed by atoms with Crippen LogP contribution in [0.4, 0.5) is 10.5 Å². The molecule has 1 aliphatic carbocycles. The highest BCUT2D eigenvalue weighted by Gasteiger charge is 2.52. The predicted octanol–water partition coefficient (Wildman–Crippen LogP) is 3.38. The van der Waals surface area contributed by atoms with Gasteiger partial charge in [0.05, 0.1) is 5.54 Å². The summed E-state index contributed by atoms with van der Waals surface area (Å²) in [6.07, 6.45) is 8.28. The quantitative estimate of drug-likeness (QED) is 0.908. The van der Waals surface area contributed by atoms with Crippen LogP contribution in [0.3, 0.4) is 0 Å². The van der Waals surface area contributed by atoms with Gasteiger partial charge in [0, 0.05) is 18.3 Å². The fraction of sp³-hybridized carbons (Fsp3) is 0.632. The molecule has 0 aromatic heterocycles. The van der Waals surface area contributed by atoms with Crippen LogP contribution >= 0.6 is 0 Å². The molecular formula is C19H27N3O. The molecule has 1 N–H and O–H groups in total. The summed E-state index contributed by atoms with van der Waals surface area (Å²) in [4.78, 5) is 17.7. The minimum atomic E-state index is 0.0293. The van der Waals surface area contributed by atoms with Gasteiger partial charge in [0.15, 0.2) is 0 Å². The molecule has 0 bridgehead atoms. The highest BCUT2D eigenvalue weighted by molar-refractivity contribution is 5.96. The van der Waals surface area contributed by atoms with Crippen molar-refractivity contribution in [1.29, 1.82) is 0 Å². The Kier molecular flexibility index (Phi) is 4.02. The largest absolute Gasteiger partial charge is 0.325 e. The van der Waals surface area contributed by atoms with E-state index in [1.807, 2.05) is 18.2 Å². The molecule has 3 fully saturated rings. The minimum Gasteiger partial charge on any atom is -0.319 e. The number of hydrogen-bond donors (Lipinski definition) is 1. The van der Waals surface area contributed by atoms with Crippen LogP contribution in [0.15, 0.2) is 30.3 Å². The van der Waals surface area contributed by atoms with Crippen LogP contribution in [0.5, 0.6) is 0 Å². The van der Waals surface area contributed by atoms with Crippen molar-refractivity contribution in [2.75, 3.05) is 24.5 Å². The summed E-state index contributed by atoms with van der Waals surface area (Å²) in [7, 11) is 0. The summed E-state index contributed by atoms with van der Waals surface area (Å²) in [5, 5.41) is 3.42. The first-order valence-electron chi connectivity index (χ1n) is 9.17. The van der Waals surface area contributed by atoms with Gasteiger partial charge in [-0.25, -0.2) is 4.79 Å². The highest BCUT2D eigenvalue weighted by atomic mass is 16.2.